The van der Waals surface area contributed by atoms with E-state index in [9.17, 15) is 0 Å². The Balaban J connectivity index is 2.07. The molecule has 0 unspecified atom stereocenters. The van der Waals surface area contributed by atoms with E-state index in [1.54, 1.807) is 5.82 Å². The number of nitrogens with zero attached hydrogens (tertiary/aromatic N) is 2. The lowest BCUT2D eigenvalue weighted by molar-refractivity contribution is -0.704. The van der Waals surface area contributed by atoms with Crippen LogP contribution < -0.4 is 4.57 Å². The van der Waals surface area contributed by atoms with E-state index in [-0.39, 0.29) is 0 Å². The Hall–Kier alpha value is -0.790. The molecule has 0 aromatic carbocycles. The Bertz CT molecular complexity index is 422. The lowest BCUT2D eigenvalue weighted by Crippen LogP contribution is -2.37. The van der Waals surface area contributed by atoms with E-state index in [2.05, 4.69) is 42.3 Å². The van der Waals surface area contributed by atoms with E-state index in [1.807, 2.05) is 0 Å². The summed E-state index contributed by atoms with van der Waals surface area (Å²) >= 11 is 0. The predicted molar refractivity (Wildman–Crippen MR) is 115 cm³/mol. The molecule has 0 atom stereocenters. The molecule has 152 valence electrons. The van der Waals surface area contributed by atoms with Crippen LogP contribution in [-0.2, 0) is 19.5 Å². The molecular weight excluding hydrogens is 316 g/mol. The van der Waals surface area contributed by atoms with E-state index in [0.29, 0.717) is 0 Å². The Labute approximate surface area is 164 Å². The van der Waals surface area contributed by atoms with Gasteiger partial charge in [0.15, 0.2) is 0 Å². The zero-order valence-corrected chi connectivity index (χ0v) is 18.3. The molecule has 0 aliphatic carbocycles. The first kappa shape index (κ1) is 23.2. The van der Waals surface area contributed by atoms with Crippen molar-refractivity contribution in [3.8, 4) is 0 Å². The van der Waals surface area contributed by atoms with Crippen LogP contribution in [0.1, 0.15) is 123 Å². The van der Waals surface area contributed by atoms with E-state index in [4.69, 9.17) is 0 Å². The largest absolute Gasteiger partial charge is 0.256 e. The second-order valence-electron chi connectivity index (χ2n) is 8.09. The van der Waals surface area contributed by atoms with E-state index in [1.165, 1.54) is 116 Å². The van der Waals surface area contributed by atoms with Crippen molar-refractivity contribution in [2.24, 2.45) is 0 Å². The number of imidazole rings is 1. The number of unbranched alkanes of at least 4 members (excludes halogenated alkanes) is 12. The van der Waals surface area contributed by atoms with Crippen molar-refractivity contribution < 1.29 is 4.57 Å². The van der Waals surface area contributed by atoms with Crippen molar-refractivity contribution in [2.45, 2.75) is 137 Å². The van der Waals surface area contributed by atoms with Crippen LogP contribution in [0.15, 0.2) is 12.4 Å². The average Bonchev–Trinajstić information content (AvgIpc) is 3.03. The van der Waals surface area contributed by atoms with Crippen molar-refractivity contribution in [1.82, 2.24) is 4.57 Å². The molecule has 1 rings (SSSR count). The molecule has 0 N–H and O–H groups in total. The number of hydrogen-bond acceptors (Lipinski definition) is 0. The Morgan fingerprint density at radius 3 is 1.73 bits per heavy atom. The van der Waals surface area contributed by atoms with Crippen LogP contribution in [0.3, 0.4) is 0 Å². The number of aryl methyl sites for hydroxylation is 2. The summed E-state index contributed by atoms with van der Waals surface area (Å²) in [6, 6.07) is 0. The summed E-state index contributed by atoms with van der Waals surface area (Å²) in [5.41, 5.74) is 0. The van der Waals surface area contributed by atoms with E-state index < -0.39 is 0 Å². The molecule has 0 fully saturated rings. The second-order valence-corrected chi connectivity index (χ2v) is 8.09. The molecule has 0 aliphatic rings. The summed E-state index contributed by atoms with van der Waals surface area (Å²) in [5.74, 6) is 1.55. The van der Waals surface area contributed by atoms with Gasteiger partial charge in [-0.2, -0.15) is 0 Å². The van der Waals surface area contributed by atoms with Crippen LogP contribution in [0.2, 0.25) is 0 Å². The first-order valence-electron chi connectivity index (χ1n) is 11.9. The fourth-order valence-corrected chi connectivity index (χ4v) is 3.87. The van der Waals surface area contributed by atoms with Gasteiger partial charge in [-0.25, -0.2) is 9.13 Å². The first-order valence-corrected chi connectivity index (χ1v) is 11.9. The highest BCUT2D eigenvalue weighted by Crippen LogP contribution is 2.12. The molecule has 1 aromatic heterocycles. The highest BCUT2D eigenvalue weighted by atomic mass is 15.1. The van der Waals surface area contributed by atoms with E-state index >= 15 is 0 Å². The minimum Gasteiger partial charge on any atom is -0.234 e. The fraction of sp³-hybridized carbons (Fsp3) is 0.875. The molecule has 1 aromatic rings. The number of aromatic nitrogens is 2. The number of rotatable bonds is 18. The minimum atomic E-state index is 1.19. The average molecular weight is 364 g/mol. The molecule has 0 amide bonds. The summed E-state index contributed by atoms with van der Waals surface area (Å²) in [6.45, 7) is 9.28. The quantitative estimate of drug-likeness (QED) is 0.192. The van der Waals surface area contributed by atoms with Crippen molar-refractivity contribution in [3.63, 3.8) is 0 Å². The molecule has 1 heterocycles. The summed E-state index contributed by atoms with van der Waals surface area (Å²) in [4.78, 5) is 0. The molecule has 2 heteroatoms. The normalized spacial score (nSPS) is 11.3. The highest BCUT2D eigenvalue weighted by molar-refractivity contribution is 4.84. The molecule has 0 radical (unpaired) electrons. The molecule has 0 saturated carbocycles. The third-order valence-corrected chi connectivity index (χ3v) is 5.57. The summed E-state index contributed by atoms with van der Waals surface area (Å²) in [6.07, 6.45) is 26.8. The summed E-state index contributed by atoms with van der Waals surface area (Å²) in [7, 11) is 0. The topological polar surface area (TPSA) is 8.81 Å². The lowest BCUT2D eigenvalue weighted by Gasteiger charge is -2.05. The van der Waals surface area contributed by atoms with E-state index in [0.717, 1.165) is 0 Å². The van der Waals surface area contributed by atoms with Crippen molar-refractivity contribution in [2.75, 3.05) is 0 Å². The summed E-state index contributed by atoms with van der Waals surface area (Å²) in [5, 5.41) is 0. The van der Waals surface area contributed by atoms with Crippen molar-refractivity contribution >= 4 is 0 Å². The van der Waals surface area contributed by atoms with Gasteiger partial charge in [0.25, 0.3) is 5.82 Å². The first-order chi connectivity index (χ1) is 12.8. The van der Waals surface area contributed by atoms with Crippen LogP contribution in [0.25, 0.3) is 0 Å². The molecule has 0 spiro atoms. The molecule has 0 bridgehead atoms. The molecule has 0 aliphatic heterocycles. The molecule has 2 nitrogen and oxygen atoms in total. The van der Waals surface area contributed by atoms with Crippen LogP contribution in [0, 0.1) is 0 Å². The van der Waals surface area contributed by atoms with Gasteiger partial charge in [-0.3, -0.25) is 0 Å². The monoisotopic (exact) mass is 363 g/mol. The minimum absolute atomic E-state index is 1.19. The van der Waals surface area contributed by atoms with Gasteiger partial charge in [-0.05, 0) is 25.7 Å². The van der Waals surface area contributed by atoms with Crippen molar-refractivity contribution in [3.05, 3.63) is 18.2 Å². The Morgan fingerprint density at radius 2 is 1.19 bits per heavy atom. The van der Waals surface area contributed by atoms with Gasteiger partial charge in [0.05, 0.1) is 13.1 Å². The third-order valence-electron chi connectivity index (χ3n) is 5.57. The van der Waals surface area contributed by atoms with Gasteiger partial charge in [0.2, 0.25) is 0 Å². The fourth-order valence-electron chi connectivity index (χ4n) is 3.87. The second kappa shape index (κ2) is 16.4. The Morgan fingerprint density at radius 1 is 0.654 bits per heavy atom. The maximum atomic E-state index is 2.52. The zero-order chi connectivity index (χ0) is 18.9. The maximum absolute atomic E-state index is 2.52. The van der Waals surface area contributed by atoms with Gasteiger partial charge in [-0.1, -0.05) is 91.4 Å². The van der Waals surface area contributed by atoms with Crippen molar-refractivity contribution in [1.29, 1.82) is 0 Å². The maximum Gasteiger partial charge on any atom is 0.256 e. The summed E-state index contributed by atoms with van der Waals surface area (Å²) < 4.78 is 5.02. The van der Waals surface area contributed by atoms with Gasteiger partial charge in [0.1, 0.15) is 12.4 Å². The van der Waals surface area contributed by atoms with Crippen LogP contribution >= 0.6 is 0 Å². The highest BCUT2D eigenvalue weighted by Gasteiger charge is 2.15. The number of hydrogen-bond donors (Lipinski definition) is 0. The standard InChI is InChI=1S/C24H47N2/c1-4-7-9-10-11-12-13-14-15-16-17-18-21-26-23-22-25(20-8-5-2)24(26)19-6-3/h22-23H,4-21H2,1-3H3/q+1. The van der Waals surface area contributed by atoms with Gasteiger partial charge < -0.3 is 0 Å². The smallest absolute Gasteiger partial charge is 0.234 e. The van der Waals surface area contributed by atoms with Gasteiger partial charge >= 0.3 is 0 Å². The Kier molecular flexibility index (Phi) is 14.7. The van der Waals surface area contributed by atoms with Crippen LogP contribution in [0.4, 0.5) is 0 Å². The molecule has 26 heavy (non-hydrogen) atoms. The SMILES string of the molecule is CCCCCCCCCCCCCCn1cc[n+](CCCC)c1CCC. The predicted octanol–water partition coefficient (Wildman–Crippen LogP) is 7.23. The van der Waals surface area contributed by atoms with Crippen LogP contribution in [0.5, 0.6) is 0 Å². The lowest BCUT2D eigenvalue weighted by atomic mass is 10.1. The van der Waals surface area contributed by atoms with Gasteiger partial charge in [0, 0.05) is 6.42 Å². The third kappa shape index (κ3) is 10.4. The van der Waals surface area contributed by atoms with Gasteiger partial charge in [-0.15, -0.1) is 0 Å². The molecular formula is C24H47N2+. The molecule has 0 saturated heterocycles. The van der Waals surface area contributed by atoms with Crippen LogP contribution in [-0.4, -0.2) is 4.57 Å². The zero-order valence-electron chi connectivity index (χ0n) is 18.3.